The Bertz CT molecular complexity index is 502. The standard InChI is InChI=1S/C16H23NO2/c1-11-7-14(18-3)12(2)6-13(11)16(9-19-10-16)15(8-17)4-5-15/h6-7H,4-5,8-10,17H2,1-3H3. The molecule has 104 valence electrons. The summed E-state index contributed by atoms with van der Waals surface area (Å²) in [6.45, 7) is 6.68. The quantitative estimate of drug-likeness (QED) is 0.904. The second-order valence-electron chi connectivity index (χ2n) is 6.20. The molecule has 2 aliphatic rings. The number of methoxy groups -OCH3 is 1. The monoisotopic (exact) mass is 261 g/mol. The van der Waals surface area contributed by atoms with Crippen molar-refractivity contribution in [3.63, 3.8) is 0 Å². The summed E-state index contributed by atoms with van der Waals surface area (Å²) in [5.74, 6) is 0.967. The zero-order valence-corrected chi connectivity index (χ0v) is 12.1. The molecule has 1 aromatic carbocycles. The molecule has 1 aliphatic heterocycles. The van der Waals surface area contributed by atoms with Gasteiger partial charge in [0, 0.05) is 5.41 Å². The van der Waals surface area contributed by atoms with Gasteiger partial charge < -0.3 is 15.2 Å². The van der Waals surface area contributed by atoms with Gasteiger partial charge in [0.25, 0.3) is 0 Å². The lowest BCUT2D eigenvalue weighted by Crippen LogP contribution is -2.56. The summed E-state index contributed by atoms with van der Waals surface area (Å²) in [4.78, 5) is 0. The van der Waals surface area contributed by atoms with Crippen LogP contribution in [-0.2, 0) is 10.2 Å². The predicted octanol–water partition coefficient (Wildman–Crippen LogP) is 2.32. The van der Waals surface area contributed by atoms with Crippen molar-refractivity contribution in [1.29, 1.82) is 0 Å². The smallest absolute Gasteiger partial charge is 0.122 e. The van der Waals surface area contributed by atoms with E-state index in [1.807, 2.05) is 0 Å². The van der Waals surface area contributed by atoms with Gasteiger partial charge in [-0.15, -0.1) is 0 Å². The molecule has 1 saturated carbocycles. The summed E-state index contributed by atoms with van der Waals surface area (Å²) < 4.78 is 11.0. The first-order valence-corrected chi connectivity index (χ1v) is 7.02. The van der Waals surface area contributed by atoms with Crippen molar-refractivity contribution in [3.8, 4) is 5.75 Å². The van der Waals surface area contributed by atoms with Gasteiger partial charge in [0.2, 0.25) is 0 Å². The highest BCUT2D eigenvalue weighted by Gasteiger charge is 2.63. The van der Waals surface area contributed by atoms with Crippen LogP contribution in [0, 0.1) is 19.3 Å². The van der Waals surface area contributed by atoms with Crippen LogP contribution in [-0.4, -0.2) is 26.9 Å². The number of hydrogen-bond acceptors (Lipinski definition) is 3. The number of aryl methyl sites for hydroxylation is 2. The number of benzene rings is 1. The van der Waals surface area contributed by atoms with Crippen molar-refractivity contribution in [3.05, 3.63) is 28.8 Å². The molecule has 1 saturated heterocycles. The summed E-state index contributed by atoms with van der Waals surface area (Å²) in [7, 11) is 1.73. The molecule has 0 amide bonds. The van der Waals surface area contributed by atoms with Crippen LogP contribution in [0.4, 0.5) is 0 Å². The highest BCUT2D eigenvalue weighted by molar-refractivity contribution is 5.48. The van der Waals surface area contributed by atoms with Gasteiger partial charge in [-0.25, -0.2) is 0 Å². The second kappa shape index (κ2) is 4.22. The molecule has 0 aromatic heterocycles. The minimum atomic E-state index is 0.142. The van der Waals surface area contributed by atoms with Crippen LogP contribution in [0.15, 0.2) is 12.1 Å². The van der Waals surface area contributed by atoms with Gasteiger partial charge in [-0.2, -0.15) is 0 Å². The fourth-order valence-corrected chi connectivity index (χ4v) is 3.61. The summed E-state index contributed by atoms with van der Waals surface area (Å²) >= 11 is 0. The lowest BCUT2D eigenvalue weighted by molar-refractivity contribution is -0.0976. The number of rotatable bonds is 4. The highest BCUT2D eigenvalue weighted by atomic mass is 16.5. The molecule has 3 nitrogen and oxygen atoms in total. The third-order valence-electron chi connectivity index (χ3n) is 5.21. The van der Waals surface area contributed by atoms with Crippen LogP contribution in [0.5, 0.6) is 5.75 Å². The van der Waals surface area contributed by atoms with Crippen LogP contribution in [0.2, 0.25) is 0 Å². The molecule has 0 unspecified atom stereocenters. The first kappa shape index (κ1) is 12.9. The summed E-state index contributed by atoms with van der Waals surface area (Å²) in [5.41, 5.74) is 10.4. The molecular formula is C16H23NO2. The minimum Gasteiger partial charge on any atom is -0.496 e. The van der Waals surface area contributed by atoms with Crippen molar-refractivity contribution in [2.45, 2.75) is 32.1 Å². The van der Waals surface area contributed by atoms with Gasteiger partial charge in [-0.1, -0.05) is 6.07 Å². The van der Waals surface area contributed by atoms with Crippen molar-refractivity contribution < 1.29 is 9.47 Å². The highest BCUT2D eigenvalue weighted by Crippen LogP contribution is 2.62. The van der Waals surface area contributed by atoms with E-state index in [1.165, 1.54) is 29.5 Å². The van der Waals surface area contributed by atoms with Crippen molar-refractivity contribution in [2.75, 3.05) is 26.9 Å². The molecule has 1 heterocycles. The largest absolute Gasteiger partial charge is 0.496 e. The number of ether oxygens (including phenoxy) is 2. The molecule has 0 bridgehead atoms. The molecule has 1 aliphatic carbocycles. The van der Waals surface area contributed by atoms with E-state index in [4.69, 9.17) is 15.2 Å². The van der Waals surface area contributed by atoms with E-state index in [0.29, 0.717) is 0 Å². The van der Waals surface area contributed by atoms with E-state index in [1.54, 1.807) is 7.11 Å². The van der Waals surface area contributed by atoms with Gasteiger partial charge in [0.05, 0.1) is 20.3 Å². The maximum absolute atomic E-state index is 6.07. The Balaban J connectivity index is 2.08. The van der Waals surface area contributed by atoms with Crippen LogP contribution >= 0.6 is 0 Å². The molecule has 3 heteroatoms. The molecule has 2 N–H and O–H groups in total. The Kier molecular flexibility index (Phi) is 2.88. The van der Waals surface area contributed by atoms with Crippen LogP contribution < -0.4 is 10.5 Å². The SMILES string of the molecule is COc1cc(C)c(C2(C3(CN)CC3)COC2)cc1C. The van der Waals surface area contributed by atoms with Crippen molar-refractivity contribution in [2.24, 2.45) is 11.1 Å². The average molecular weight is 261 g/mol. The Morgan fingerprint density at radius 3 is 2.32 bits per heavy atom. The molecule has 0 atom stereocenters. The predicted molar refractivity (Wildman–Crippen MR) is 75.7 cm³/mol. The zero-order valence-electron chi connectivity index (χ0n) is 12.1. The van der Waals surface area contributed by atoms with E-state index < -0.39 is 0 Å². The summed E-state index contributed by atoms with van der Waals surface area (Å²) in [5, 5.41) is 0. The third kappa shape index (κ3) is 1.65. The minimum absolute atomic E-state index is 0.142. The normalized spacial score (nSPS) is 22.7. The van der Waals surface area contributed by atoms with Crippen LogP contribution in [0.1, 0.15) is 29.5 Å². The Morgan fingerprint density at radius 1 is 1.21 bits per heavy atom. The second-order valence-corrected chi connectivity index (χ2v) is 6.20. The molecule has 19 heavy (non-hydrogen) atoms. The third-order valence-corrected chi connectivity index (χ3v) is 5.21. The summed E-state index contributed by atoms with van der Waals surface area (Å²) in [6.07, 6.45) is 2.47. The van der Waals surface area contributed by atoms with Gasteiger partial charge in [-0.3, -0.25) is 0 Å². The van der Waals surface area contributed by atoms with E-state index in [0.717, 1.165) is 25.5 Å². The maximum Gasteiger partial charge on any atom is 0.122 e. The fraction of sp³-hybridized carbons (Fsp3) is 0.625. The van der Waals surface area contributed by atoms with E-state index in [2.05, 4.69) is 26.0 Å². The van der Waals surface area contributed by atoms with Crippen LogP contribution in [0.25, 0.3) is 0 Å². The number of hydrogen-bond donors (Lipinski definition) is 1. The molecular weight excluding hydrogens is 238 g/mol. The first-order valence-electron chi connectivity index (χ1n) is 7.02. The molecule has 1 aromatic rings. The first-order chi connectivity index (χ1) is 9.08. The molecule has 0 radical (unpaired) electrons. The lowest BCUT2D eigenvalue weighted by Gasteiger charge is -2.49. The molecule has 3 rings (SSSR count). The van der Waals surface area contributed by atoms with E-state index in [-0.39, 0.29) is 10.8 Å². The Morgan fingerprint density at radius 2 is 1.89 bits per heavy atom. The van der Waals surface area contributed by atoms with Crippen molar-refractivity contribution >= 4 is 0 Å². The van der Waals surface area contributed by atoms with Crippen LogP contribution in [0.3, 0.4) is 0 Å². The van der Waals surface area contributed by atoms with E-state index >= 15 is 0 Å². The molecule has 2 fully saturated rings. The summed E-state index contributed by atoms with van der Waals surface area (Å²) in [6, 6.07) is 4.43. The van der Waals surface area contributed by atoms with Gasteiger partial charge >= 0.3 is 0 Å². The van der Waals surface area contributed by atoms with Gasteiger partial charge in [-0.05, 0) is 61.4 Å². The number of nitrogens with two attached hydrogens (primary N) is 1. The Hall–Kier alpha value is -1.06. The van der Waals surface area contributed by atoms with Gasteiger partial charge in [0.15, 0.2) is 0 Å². The maximum atomic E-state index is 6.07. The topological polar surface area (TPSA) is 44.5 Å². The fourth-order valence-electron chi connectivity index (χ4n) is 3.61. The van der Waals surface area contributed by atoms with E-state index in [9.17, 15) is 0 Å². The lowest BCUT2D eigenvalue weighted by atomic mass is 9.64. The average Bonchev–Trinajstić information content (AvgIpc) is 3.13. The zero-order chi connectivity index (χ0) is 13.7. The Labute approximate surface area is 115 Å². The van der Waals surface area contributed by atoms with Gasteiger partial charge in [0.1, 0.15) is 5.75 Å². The molecule has 0 spiro atoms. The van der Waals surface area contributed by atoms with Crippen molar-refractivity contribution in [1.82, 2.24) is 0 Å².